The summed E-state index contributed by atoms with van der Waals surface area (Å²) in [5, 5.41) is 2.73. The van der Waals surface area contributed by atoms with Crippen LogP contribution in [0, 0.1) is 6.92 Å². The normalized spacial score (nSPS) is 10.2. The number of amides is 1. The topological polar surface area (TPSA) is 117 Å². The highest BCUT2D eigenvalue weighted by molar-refractivity contribution is 6.04. The number of esters is 3. The van der Waals surface area contributed by atoms with Gasteiger partial charge in [-0.25, -0.2) is 0 Å². The first-order chi connectivity index (χ1) is 16.6. The first kappa shape index (κ1) is 25.0. The summed E-state index contributed by atoms with van der Waals surface area (Å²) in [7, 11) is 0. The number of nitrogens with one attached hydrogen (secondary N) is 1. The van der Waals surface area contributed by atoms with E-state index in [0.717, 1.165) is 5.56 Å². The van der Waals surface area contributed by atoms with Crippen LogP contribution >= 0.6 is 0 Å². The molecule has 0 radical (unpaired) electrons. The molecule has 35 heavy (non-hydrogen) atoms. The Morgan fingerprint density at radius 1 is 0.629 bits per heavy atom. The van der Waals surface area contributed by atoms with Gasteiger partial charge in [0.05, 0.1) is 0 Å². The third-order valence-corrected chi connectivity index (χ3v) is 4.47. The van der Waals surface area contributed by atoms with Gasteiger partial charge in [-0.15, -0.1) is 0 Å². The summed E-state index contributed by atoms with van der Waals surface area (Å²) in [6.07, 6.45) is 0. The van der Waals surface area contributed by atoms with Gasteiger partial charge in [0.1, 0.15) is 17.2 Å². The predicted octanol–water partition coefficient (Wildman–Crippen LogP) is 4.82. The van der Waals surface area contributed by atoms with E-state index in [2.05, 4.69) is 5.32 Å². The fraction of sp³-hybridized carbons (Fsp3) is 0.154. The summed E-state index contributed by atoms with van der Waals surface area (Å²) in [5.41, 5.74) is 1.48. The molecule has 9 heteroatoms. The third-order valence-electron chi connectivity index (χ3n) is 4.47. The molecule has 0 saturated heterocycles. The van der Waals surface area contributed by atoms with E-state index < -0.39 is 23.8 Å². The highest BCUT2D eigenvalue weighted by atomic mass is 16.6. The van der Waals surface area contributed by atoms with E-state index in [1.54, 1.807) is 42.5 Å². The fourth-order valence-corrected chi connectivity index (χ4v) is 2.98. The van der Waals surface area contributed by atoms with E-state index in [1.807, 2.05) is 6.92 Å². The second-order valence-corrected chi connectivity index (χ2v) is 7.45. The second kappa shape index (κ2) is 11.0. The molecule has 0 aliphatic rings. The molecule has 3 aromatic carbocycles. The summed E-state index contributed by atoms with van der Waals surface area (Å²) in [4.78, 5) is 46.6. The second-order valence-electron chi connectivity index (χ2n) is 7.45. The number of rotatable bonds is 7. The van der Waals surface area contributed by atoms with Crippen molar-refractivity contribution >= 4 is 29.5 Å². The minimum absolute atomic E-state index is 0.0266. The van der Waals surface area contributed by atoms with Gasteiger partial charge in [-0.1, -0.05) is 6.07 Å². The Bertz CT molecular complexity index is 1280. The maximum absolute atomic E-state index is 12.7. The number of hydrogen-bond acceptors (Lipinski definition) is 8. The summed E-state index contributed by atoms with van der Waals surface area (Å²) >= 11 is 0. The molecule has 0 aliphatic heterocycles. The van der Waals surface area contributed by atoms with Gasteiger partial charge in [-0.2, -0.15) is 0 Å². The van der Waals surface area contributed by atoms with Crippen LogP contribution < -0.4 is 24.3 Å². The van der Waals surface area contributed by atoms with Gasteiger partial charge in [-0.3, -0.25) is 19.2 Å². The van der Waals surface area contributed by atoms with Crippen molar-refractivity contribution in [3.8, 4) is 28.7 Å². The van der Waals surface area contributed by atoms with Gasteiger partial charge in [0.2, 0.25) is 0 Å². The zero-order chi connectivity index (χ0) is 25.5. The van der Waals surface area contributed by atoms with E-state index in [-0.39, 0.29) is 17.1 Å². The van der Waals surface area contributed by atoms with Crippen molar-refractivity contribution in [1.82, 2.24) is 0 Å². The number of ether oxygens (including phenoxy) is 4. The molecule has 0 unspecified atom stereocenters. The van der Waals surface area contributed by atoms with Crippen molar-refractivity contribution in [3.63, 3.8) is 0 Å². The Labute approximate surface area is 201 Å². The molecule has 3 rings (SSSR count). The number of carbonyl (C=O) groups is 4. The van der Waals surface area contributed by atoms with Crippen LogP contribution in [-0.2, 0) is 14.4 Å². The molecule has 0 fully saturated rings. The zero-order valence-corrected chi connectivity index (χ0v) is 19.5. The number of hydrogen-bond donors (Lipinski definition) is 1. The van der Waals surface area contributed by atoms with Crippen molar-refractivity contribution in [2.45, 2.75) is 27.7 Å². The molecule has 0 aromatic heterocycles. The summed E-state index contributed by atoms with van der Waals surface area (Å²) in [6.45, 7) is 5.55. The molecule has 1 N–H and O–H groups in total. The molecular weight excluding hydrogens is 454 g/mol. The SMILES string of the molecule is CC(=O)Oc1cc(Oc2ccc(NC(=O)c3ccc(OC(C)=O)c(OC(C)=O)c3)cc2)ccc1C. The van der Waals surface area contributed by atoms with Gasteiger partial charge in [0.15, 0.2) is 11.5 Å². The monoisotopic (exact) mass is 477 g/mol. The molecule has 0 bridgehead atoms. The highest BCUT2D eigenvalue weighted by Gasteiger charge is 2.15. The summed E-state index contributed by atoms with van der Waals surface area (Å²) in [5.74, 6) is -0.734. The smallest absolute Gasteiger partial charge is 0.308 e. The van der Waals surface area contributed by atoms with Crippen LogP contribution in [0.15, 0.2) is 60.7 Å². The molecular formula is C26H23NO8. The first-order valence-electron chi connectivity index (χ1n) is 10.5. The zero-order valence-electron chi connectivity index (χ0n) is 19.5. The quantitative estimate of drug-likeness (QED) is 0.380. The standard InChI is InChI=1S/C26H23NO8/c1-15-5-9-22(14-24(15)33-17(3)29)35-21-10-7-20(8-11-21)27-26(31)19-6-12-23(32-16(2)28)25(13-19)34-18(4)30/h5-14H,1-4H3,(H,27,31). The van der Waals surface area contributed by atoms with E-state index in [9.17, 15) is 19.2 Å². The van der Waals surface area contributed by atoms with Crippen LogP contribution in [0.2, 0.25) is 0 Å². The molecule has 0 saturated carbocycles. The molecule has 0 atom stereocenters. The van der Waals surface area contributed by atoms with Crippen LogP contribution in [0.5, 0.6) is 28.7 Å². The van der Waals surface area contributed by atoms with Crippen LogP contribution in [0.3, 0.4) is 0 Å². The number of carbonyl (C=O) groups excluding carboxylic acids is 4. The summed E-state index contributed by atoms with van der Waals surface area (Å²) in [6, 6.07) is 15.9. The lowest BCUT2D eigenvalue weighted by Crippen LogP contribution is -2.13. The van der Waals surface area contributed by atoms with E-state index in [0.29, 0.717) is 22.9 Å². The van der Waals surface area contributed by atoms with E-state index in [4.69, 9.17) is 18.9 Å². The van der Waals surface area contributed by atoms with Crippen LogP contribution in [-0.4, -0.2) is 23.8 Å². The molecule has 1 amide bonds. The van der Waals surface area contributed by atoms with Crippen molar-refractivity contribution in [2.24, 2.45) is 0 Å². The average molecular weight is 477 g/mol. The molecule has 0 aliphatic carbocycles. The highest BCUT2D eigenvalue weighted by Crippen LogP contribution is 2.31. The predicted molar refractivity (Wildman–Crippen MR) is 126 cm³/mol. The van der Waals surface area contributed by atoms with Gasteiger partial charge >= 0.3 is 17.9 Å². The van der Waals surface area contributed by atoms with Crippen LogP contribution in [0.4, 0.5) is 5.69 Å². The Morgan fingerprint density at radius 3 is 1.83 bits per heavy atom. The Hall–Kier alpha value is -4.66. The molecule has 9 nitrogen and oxygen atoms in total. The first-order valence-corrected chi connectivity index (χ1v) is 10.5. The van der Waals surface area contributed by atoms with Crippen molar-refractivity contribution in [1.29, 1.82) is 0 Å². The Balaban J connectivity index is 1.71. The summed E-state index contributed by atoms with van der Waals surface area (Å²) < 4.78 is 21.0. The lowest BCUT2D eigenvalue weighted by Gasteiger charge is -2.12. The number of benzene rings is 3. The lowest BCUT2D eigenvalue weighted by molar-refractivity contribution is -0.134. The maximum Gasteiger partial charge on any atom is 0.308 e. The molecule has 180 valence electrons. The van der Waals surface area contributed by atoms with Crippen molar-refractivity contribution in [3.05, 3.63) is 71.8 Å². The average Bonchev–Trinajstić information content (AvgIpc) is 2.77. The van der Waals surface area contributed by atoms with Crippen molar-refractivity contribution < 1.29 is 38.1 Å². The molecule has 0 spiro atoms. The largest absolute Gasteiger partial charge is 0.457 e. The maximum atomic E-state index is 12.7. The minimum Gasteiger partial charge on any atom is -0.457 e. The van der Waals surface area contributed by atoms with E-state index in [1.165, 1.54) is 39.0 Å². The van der Waals surface area contributed by atoms with Crippen LogP contribution in [0.1, 0.15) is 36.7 Å². The van der Waals surface area contributed by atoms with Crippen molar-refractivity contribution in [2.75, 3.05) is 5.32 Å². The molecule has 3 aromatic rings. The van der Waals surface area contributed by atoms with Gasteiger partial charge in [0, 0.05) is 38.1 Å². The van der Waals surface area contributed by atoms with Gasteiger partial charge < -0.3 is 24.3 Å². The van der Waals surface area contributed by atoms with Gasteiger partial charge in [-0.05, 0) is 61.0 Å². The van der Waals surface area contributed by atoms with Gasteiger partial charge in [0.25, 0.3) is 5.91 Å². The lowest BCUT2D eigenvalue weighted by atomic mass is 10.1. The Kier molecular flexibility index (Phi) is 7.83. The molecule has 0 heterocycles. The third kappa shape index (κ3) is 7.16. The van der Waals surface area contributed by atoms with E-state index >= 15 is 0 Å². The Morgan fingerprint density at radius 2 is 1.20 bits per heavy atom. The number of anilines is 1. The number of aryl methyl sites for hydroxylation is 1. The van der Waals surface area contributed by atoms with Crippen LogP contribution in [0.25, 0.3) is 0 Å². The fourth-order valence-electron chi connectivity index (χ4n) is 2.98. The minimum atomic E-state index is -0.625.